The first kappa shape index (κ1) is 14.9. The highest BCUT2D eigenvalue weighted by Gasteiger charge is 2.26. The van der Waals surface area contributed by atoms with Gasteiger partial charge in [-0.25, -0.2) is 0 Å². The van der Waals surface area contributed by atoms with Crippen LogP contribution in [0, 0.1) is 0 Å². The molecular weight excluding hydrogens is 234 g/mol. The zero-order valence-electron chi connectivity index (χ0n) is 11.3. The summed E-state index contributed by atoms with van der Waals surface area (Å²) in [6, 6.07) is 0. The van der Waals surface area contributed by atoms with Crippen molar-refractivity contribution in [3.8, 4) is 0 Å². The first-order chi connectivity index (χ1) is 8.70. The van der Waals surface area contributed by atoms with Gasteiger partial charge in [-0.1, -0.05) is 0 Å². The van der Waals surface area contributed by atoms with Gasteiger partial charge in [0, 0.05) is 45.9 Å². The molecule has 0 atom stereocenters. The minimum absolute atomic E-state index is 0.394. The number of carbonyl (C=O) groups excluding carboxylic acids is 2. The molecule has 0 spiro atoms. The van der Waals surface area contributed by atoms with Crippen LogP contribution in [0.4, 0.5) is 0 Å². The number of hydrogen-bond donors (Lipinski definition) is 1. The summed E-state index contributed by atoms with van der Waals surface area (Å²) in [6.45, 7) is 8.60. The van der Waals surface area contributed by atoms with Crippen LogP contribution < -0.4 is 5.32 Å². The van der Waals surface area contributed by atoms with Crippen molar-refractivity contribution in [2.45, 2.75) is 13.8 Å². The summed E-state index contributed by atoms with van der Waals surface area (Å²) in [5.74, 6) is -0.811. The van der Waals surface area contributed by atoms with E-state index in [4.69, 9.17) is 4.74 Å². The molecular formula is C12H23N3O3. The topological polar surface area (TPSA) is 61.9 Å². The number of rotatable bonds is 5. The highest BCUT2D eigenvalue weighted by atomic mass is 16.5. The lowest BCUT2D eigenvalue weighted by Gasteiger charge is -2.29. The quantitative estimate of drug-likeness (QED) is 0.523. The van der Waals surface area contributed by atoms with E-state index in [0.717, 1.165) is 13.1 Å². The van der Waals surface area contributed by atoms with Crippen molar-refractivity contribution in [2.75, 3.05) is 52.5 Å². The maximum absolute atomic E-state index is 12.0. The number of ether oxygens (including phenoxy) is 1. The maximum atomic E-state index is 12.0. The van der Waals surface area contributed by atoms with E-state index in [2.05, 4.69) is 5.32 Å². The molecule has 2 amide bonds. The number of hydrogen-bond acceptors (Lipinski definition) is 4. The van der Waals surface area contributed by atoms with E-state index in [1.54, 1.807) is 9.80 Å². The van der Waals surface area contributed by atoms with Gasteiger partial charge in [0.1, 0.15) is 0 Å². The summed E-state index contributed by atoms with van der Waals surface area (Å²) in [4.78, 5) is 27.2. The Morgan fingerprint density at radius 2 is 1.94 bits per heavy atom. The van der Waals surface area contributed by atoms with Crippen molar-refractivity contribution in [1.29, 1.82) is 0 Å². The van der Waals surface area contributed by atoms with Crippen molar-refractivity contribution < 1.29 is 14.3 Å². The molecule has 0 aromatic rings. The molecule has 6 nitrogen and oxygen atoms in total. The summed E-state index contributed by atoms with van der Waals surface area (Å²) < 4.78 is 5.21. The van der Waals surface area contributed by atoms with Crippen LogP contribution >= 0.6 is 0 Å². The average Bonchev–Trinajstić information content (AvgIpc) is 2.43. The molecule has 0 aromatic heterocycles. The number of likely N-dealkylation sites (N-methyl/N-ethyl adjacent to an activating group) is 1. The lowest BCUT2D eigenvalue weighted by atomic mass is 10.3. The molecule has 1 aliphatic heterocycles. The molecule has 0 unspecified atom stereocenters. The molecule has 0 radical (unpaired) electrons. The van der Waals surface area contributed by atoms with Gasteiger partial charge in [0.2, 0.25) is 0 Å². The second-order valence-electron chi connectivity index (χ2n) is 4.12. The van der Waals surface area contributed by atoms with Crippen LogP contribution in [0.3, 0.4) is 0 Å². The molecule has 0 bridgehead atoms. The Morgan fingerprint density at radius 1 is 1.28 bits per heavy atom. The normalized spacial score (nSPS) is 15.6. The van der Waals surface area contributed by atoms with E-state index in [9.17, 15) is 9.59 Å². The van der Waals surface area contributed by atoms with Crippen molar-refractivity contribution in [2.24, 2.45) is 0 Å². The summed E-state index contributed by atoms with van der Waals surface area (Å²) >= 11 is 0. The molecule has 1 N–H and O–H groups in total. The van der Waals surface area contributed by atoms with E-state index in [0.29, 0.717) is 39.4 Å². The molecule has 1 aliphatic rings. The molecule has 1 saturated heterocycles. The Bertz CT molecular complexity index is 278. The summed E-state index contributed by atoms with van der Waals surface area (Å²) in [5.41, 5.74) is 0. The molecule has 104 valence electrons. The van der Waals surface area contributed by atoms with Gasteiger partial charge in [0.25, 0.3) is 0 Å². The highest BCUT2D eigenvalue weighted by Crippen LogP contribution is 1.99. The largest absolute Gasteiger partial charge is 0.380 e. The second-order valence-corrected chi connectivity index (χ2v) is 4.12. The van der Waals surface area contributed by atoms with Crippen LogP contribution in [-0.2, 0) is 14.3 Å². The van der Waals surface area contributed by atoms with Gasteiger partial charge in [0.15, 0.2) is 0 Å². The maximum Gasteiger partial charge on any atom is 0.312 e. The summed E-state index contributed by atoms with van der Waals surface area (Å²) in [6.07, 6.45) is 0. The Labute approximate surface area is 108 Å². The van der Waals surface area contributed by atoms with E-state index in [1.807, 2.05) is 13.8 Å². The van der Waals surface area contributed by atoms with Crippen LogP contribution in [-0.4, -0.2) is 74.1 Å². The monoisotopic (exact) mass is 257 g/mol. The minimum atomic E-state index is -0.417. The molecule has 1 heterocycles. The van der Waals surface area contributed by atoms with Crippen LogP contribution in [0.25, 0.3) is 0 Å². The van der Waals surface area contributed by atoms with Gasteiger partial charge in [-0.05, 0) is 13.8 Å². The fourth-order valence-corrected chi connectivity index (χ4v) is 1.86. The van der Waals surface area contributed by atoms with Crippen LogP contribution in [0.1, 0.15) is 13.8 Å². The molecule has 18 heavy (non-hydrogen) atoms. The Hall–Kier alpha value is -1.14. The zero-order valence-corrected chi connectivity index (χ0v) is 11.3. The molecule has 6 heteroatoms. The lowest BCUT2D eigenvalue weighted by Crippen LogP contribution is -2.52. The number of amides is 2. The summed E-state index contributed by atoms with van der Waals surface area (Å²) in [5, 5.41) is 3.15. The number of carbonyl (C=O) groups is 2. The van der Waals surface area contributed by atoms with Crippen molar-refractivity contribution in [1.82, 2.24) is 15.1 Å². The molecule has 0 aliphatic carbocycles. The predicted molar refractivity (Wildman–Crippen MR) is 68.2 cm³/mol. The SMILES string of the molecule is CCOCCN(CC)C(=O)C(=O)N1CCNCC1. The van der Waals surface area contributed by atoms with Gasteiger partial charge in [-0.2, -0.15) is 0 Å². The van der Waals surface area contributed by atoms with Crippen LogP contribution in [0.2, 0.25) is 0 Å². The lowest BCUT2D eigenvalue weighted by molar-refractivity contribution is -0.152. The standard InChI is InChI=1S/C12H23N3O3/c1-3-14(9-10-18-4-2)11(16)12(17)15-7-5-13-6-8-15/h13H,3-10H2,1-2H3. The average molecular weight is 257 g/mol. The third-order valence-electron chi connectivity index (χ3n) is 2.97. The third-order valence-corrected chi connectivity index (χ3v) is 2.97. The molecule has 0 saturated carbocycles. The minimum Gasteiger partial charge on any atom is -0.380 e. The fraction of sp³-hybridized carbons (Fsp3) is 0.833. The number of nitrogens with one attached hydrogen (secondary N) is 1. The highest BCUT2D eigenvalue weighted by molar-refractivity contribution is 6.34. The van der Waals surface area contributed by atoms with Gasteiger partial charge in [0.05, 0.1) is 6.61 Å². The molecule has 0 aromatic carbocycles. The first-order valence-electron chi connectivity index (χ1n) is 6.57. The zero-order chi connectivity index (χ0) is 13.4. The van der Waals surface area contributed by atoms with Crippen LogP contribution in [0.15, 0.2) is 0 Å². The van der Waals surface area contributed by atoms with E-state index >= 15 is 0 Å². The van der Waals surface area contributed by atoms with E-state index < -0.39 is 11.8 Å². The van der Waals surface area contributed by atoms with E-state index in [1.165, 1.54) is 0 Å². The van der Waals surface area contributed by atoms with E-state index in [-0.39, 0.29) is 0 Å². The Morgan fingerprint density at radius 3 is 2.50 bits per heavy atom. The molecule has 1 rings (SSSR count). The second kappa shape index (κ2) is 8.05. The smallest absolute Gasteiger partial charge is 0.312 e. The first-order valence-corrected chi connectivity index (χ1v) is 6.57. The number of nitrogens with zero attached hydrogens (tertiary/aromatic N) is 2. The Kier molecular flexibility index (Phi) is 6.67. The van der Waals surface area contributed by atoms with Gasteiger partial charge in [-0.3, -0.25) is 9.59 Å². The van der Waals surface area contributed by atoms with Crippen LogP contribution in [0.5, 0.6) is 0 Å². The van der Waals surface area contributed by atoms with Gasteiger partial charge >= 0.3 is 11.8 Å². The molecule has 1 fully saturated rings. The van der Waals surface area contributed by atoms with Gasteiger partial charge in [-0.15, -0.1) is 0 Å². The van der Waals surface area contributed by atoms with Gasteiger partial charge < -0.3 is 19.9 Å². The van der Waals surface area contributed by atoms with Crippen molar-refractivity contribution in [3.05, 3.63) is 0 Å². The third kappa shape index (κ3) is 4.27. The fourth-order valence-electron chi connectivity index (χ4n) is 1.86. The van der Waals surface area contributed by atoms with Crippen molar-refractivity contribution >= 4 is 11.8 Å². The predicted octanol–water partition coefficient (Wildman–Crippen LogP) is -0.697. The summed E-state index contributed by atoms with van der Waals surface area (Å²) in [7, 11) is 0. The Balaban J connectivity index is 2.45. The van der Waals surface area contributed by atoms with Crippen molar-refractivity contribution in [3.63, 3.8) is 0 Å². The number of piperazine rings is 1.